The molecule has 0 saturated carbocycles. The van der Waals surface area contributed by atoms with E-state index in [1.54, 1.807) is 23.6 Å². The van der Waals surface area contributed by atoms with Crippen LogP contribution in [0, 0.1) is 0 Å². The highest BCUT2D eigenvalue weighted by Gasteiger charge is 2.36. The van der Waals surface area contributed by atoms with Crippen LogP contribution in [0.2, 0.25) is 0 Å². The molecule has 0 aromatic rings. The predicted molar refractivity (Wildman–Crippen MR) is 79.7 cm³/mol. The molecule has 20 heavy (non-hydrogen) atoms. The maximum Gasteiger partial charge on any atom is 0.329 e. The van der Waals surface area contributed by atoms with Gasteiger partial charge in [0.25, 0.3) is 0 Å². The van der Waals surface area contributed by atoms with Crippen LogP contribution in [-0.4, -0.2) is 60.1 Å². The molecular weight excluding hydrogens is 276 g/mol. The monoisotopic (exact) mass is 300 g/mol. The van der Waals surface area contributed by atoms with Crippen LogP contribution in [-0.2, 0) is 14.3 Å². The first-order chi connectivity index (χ1) is 9.74. The molecule has 2 aliphatic rings. The number of amides is 1. The quantitative estimate of drug-likeness (QED) is 0.789. The molecule has 0 spiro atoms. The van der Waals surface area contributed by atoms with E-state index >= 15 is 0 Å². The van der Waals surface area contributed by atoms with Crippen LogP contribution in [0.1, 0.15) is 32.6 Å². The van der Waals surface area contributed by atoms with Gasteiger partial charge < -0.3 is 15.0 Å². The Hall–Kier alpha value is -0.750. The molecule has 2 rings (SSSR count). The summed E-state index contributed by atoms with van der Waals surface area (Å²) >= 11 is 1.71. The normalized spacial score (nSPS) is 27.8. The van der Waals surface area contributed by atoms with Gasteiger partial charge in [0.1, 0.15) is 6.04 Å². The lowest BCUT2D eigenvalue weighted by Gasteiger charge is -2.36. The van der Waals surface area contributed by atoms with E-state index in [2.05, 4.69) is 5.32 Å². The number of hydrogen-bond acceptors (Lipinski definition) is 5. The minimum atomic E-state index is -0.411. The summed E-state index contributed by atoms with van der Waals surface area (Å²) in [6.07, 6.45) is 4.25. The third-order valence-electron chi connectivity index (χ3n) is 3.83. The first-order valence-corrected chi connectivity index (χ1v) is 8.67. The van der Waals surface area contributed by atoms with Gasteiger partial charge in [0.2, 0.25) is 5.91 Å². The molecule has 0 radical (unpaired) electrons. The van der Waals surface area contributed by atoms with Crippen molar-refractivity contribution < 1.29 is 14.3 Å². The lowest BCUT2D eigenvalue weighted by atomic mass is 10.1. The Kier molecular flexibility index (Phi) is 6.16. The summed E-state index contributed by atoms with van der Waals surface area (Å²) in [5, 5.41) is 3.32. The molecule has 0 bridgehead atoms. The Balaban J connectivity index is 2.02. The minimum absolute atomic E-state index is 0.0743. The molecule has 0 aromatic heterocycles. The zero-order valence-electron chi connectivity index (χ0n) is 12.1. The molecule has 1 N–H and O–H groups in total. The average molecular weight is 300 g/mol. The first kappa shape index (κ1) is 15.6. The van der Waals surface area contributed by atoms with E-state index in [0.29, 0.717) is 18.9 Å². The first-order valence-electron chi connectivity index (χ1n) is 7.52. The molecule has 6 heteroatoms. The Morgan fingerprint density at radius 3 is 3.00 bits per heavy atom. The van der Waals surface area contributed by atoms with Crippen LogP contribution in [0.25, 0.3) is 0 Å². The van der Waals surface area contributed by atoms with Crippen molar-refractivity contribution in [1.82, 2.24) is 10.2 Å². The van der Waals surface area contributed by atoms with Crippen molar-refractivity contribution in [2.45, 2.75) is 44.7 Å². The summed E-state index contributed by atoms with van der Waals surface area (Å²) in [5.74, 6) is 1.36. The second kappa shape index (κ2) is 7.88. The highest BCUT2D eigenvalue weighted by Crippen LogP contribution is 2.20. The fraction of sp³-hybridized carbons (Fsp3) is 0.857. The van der Waals surface area contributed by atoms with Crippen LogP contribution in [0.5, 0.6) is 0 Å². The number of carbonyl (C=O) groups excluding carboxylic acids is 2. The number of nitrogens with zero attached hydrogens (tertiary/aromatic N) is 1. The van der Waals surface area contributed by atoms with Gasteiger partial charge in [-0.2, -0.15) is 11.8 Å². The fourth-order valence-electron chi connectivity index (χ4n) is 2.74. The van der Waals surface area contributed by atoms with Gasteiger partial charge in [0.05, 0.1) is 12.6 Å². The van der Waals surface area contributed by atoms with E-state index < -0.39 is 6.04 Å². The molecule has 1 amide bonds. The molecule has 2 saturated heterocycles. The van der Waals surface area contributed by atoms with Gasteiger partial charge >= 0.3 is 5.97 Å². The van der Waals surface area contributed by atoms with E-state index in [0.717, 1.165) is 31.6 Å². The molecule has 0 aromatic carbocycles. The molecule has 2 atom stereocenters. The Bertz CT molecular complexity index is 343. The van der Waals surface area contributed by atoms with Crippen molar-refractivity contribution in [2.24, 2.45) is 0 Å². The van der Waals surface area contributed by atoms with Crippen LogP contribution < -0.4 is 5.32 Å². The van der Waals surface area contributed by atoms with Crippen LogP contribution >= 0.6 is 11.8 Å². The zero-order valence-corrected chi connectivity index (χ0v) is 12.9. The van der Waals surface area contributed by atoms with Crippen LogP contribution in [0.3, 0.4) is 0 Å². The summed E-state index contributed by atoms with van der Waals surface area (Å²) in [7, 11) is 0. The van der Waals surface area contributed by atoms with Crippen molar-refractivity contribution >= 4 is 23.6 Å². The summed E-state index contributed by atoms with van der Waals surface area (Å²) < 4.78 is 5.11. The Morgan fingerprint density at radius 2 is 2.20 bits per heavy atom. The van der Waals surface area contributed by atoms with Crippen molar-refractivity contribution in [3.63, 3.8) is 0 Å². The number of esters is 1. The topological polar surface area (TPSA) is 58.6 Å². The zero-order chi connectivity index (χ0) is 14.4. The van der Waals surface area contributed by atoms with Gasteiger partial charge in [-0.15, -0.1) is 0 Å². The standard InChI is InChI=1S/C14H24N2O3S/c1-2-19-14(18)12-10-20-9-8-16(12)13(17)11-6-4-3-5-7-15-11/h11-12,15H,2-10H2,1H3. The largest absolute Gasteiger partial charge is 0.464 e. The second-order valence-electron chi connectivity index (χ2n) is 5.23. The minimum Gasteiger partial charge on any atom is -0.464 e. The SMILES string of the molecule is CCOC(=O)C1CSCCN1C(=O)C1CCCCCN1. The number of thioether (sulfide) groups is 1. The predicted octanol–water partition coefficient (Wildman–Crippen LogP) is 1.03. The van der Waals surface area contributed by atoms with Gasteiger partial charge in [0, 0.05) is 18.1 Å². The number of nitrogens with one attached hydrogen (secondary N) is 1. The van der Waals surface area contributed by atoms with Crippen molar-refractivity contribution in [3.8, 4) is 0 Å². The highest BCUT2D eigenvalue weighted by molar-refractivity contribution is 7.99. The van der Waals surface area contributed by atoms with Gasteiger partial charge in [-0.3, -0.25) is 4.79 Å². The second-order valence-corrected chi connectivity index (χ2v) is 6.38. The highest BCUT2D eigenvalue weighted by atomic mass is 32.2. The van der Waals surface area contributed by atoms with E-state index in [4.69, 9.17) is 4.74 Å². The molecule has 114 valence electrons. The lowest BCUT2D eigenvalue weighted by molar-refractivity contribution is -0.154. The summed E-state index contributed by atoms with van der Waals surface area (Å²) in [6.45, 7) is 3.70. The van der Waals surface area contributed by atoms with Crippen molar-refractivity contribution in [2.75, 3.05) is 31.2 Å². The molecular formula is C14H24N2O3S. The lowest BCUT2D eigenvalue weighted by Crippen LogP contribution is -2.56. The molecule has 2 heterocycles. The maximum atomic E-state index is 12.7. The Labute approximate surface area is 124 Å². The average Bonchev–Trinajstić information content (AvgIpc) is 2.76. The van der Waals surface area contributed by atoms with Gasteiger partial charge in [-0.25, -0.2) is 4.79 Å². The number of ether oxygens (including phenoxy) is 1. The molecule has 2 aliphatic heterocycles. The van der Waals surface area contributed by atoms with E-state index in [9.17, 15) is 9.59 Å². The number of hydrogen-bond donors (Lipinski definition) is 1. The summed E-state index contributed by atoms with van der Waals surface area (Å²) in [6, 6.07) is -0.538. The summed E-state index contributed by atoms with van der Waals surface area (Å²) in [5.41, 5.74) is 0. The van der Waals surface area contributed by atoms with Crippen LogP contribution in [0.4, 0.5) is 0 Å². The maximum absolute atomic E-state index is 12.7. The van der Waals surface area contributed by atoms with E-state index in [1.807, 2.05) is 0 Å². The van der Waals surface area contributed by atoms with Crippen molar-refractivity contribution in [3.05, 3.63) is 0 Å². The molecule has 0 aliphatic carbocycles. The smallest absolute Gasteiger partial charge is 0.329 e. The third-order valence-corrected chi connectivity index (χ3v) is 4.85. The Morgan fingerprint density at radius 1 is 1.35 bits per heavy atom. The van der Waals surface area contributed by atoms with Crippen LogP contribution in [0.15, 0.2) is 0 Å². The number of rotatable bonds is 3. The van der Waals surface area contributed by atoms with Gasteiger partial charge in [-0.1, -0.05) is 12.8 Å². The number of carbonyl (C=O) groups is 2. The summed E-state index contributed by atoms with van der Waals surface area (Å²) in [4.78, 5) is 26.4. The molecule has 5 nitrogen and oxygen atoms in total. The van der Waals surface area contributed by atoms with E-state index in [1.165, 1.54) is 6.42 Å². The van der Waals surface area contributed by atoms with Gasteiger partial charge in [0.15, 0.2) is 0 Å². The third kappa shape index (κ3) is 3.88. The molecule has 2 fully saturated rings. The van der Waals surface area contributed by atoms with Crippen molar-refractivity contribution in [1.29, 1.82) is 0 Å². The van der Waals surface area contributed by atoms with E-state index in [-0.39, 0.29) is 17.9 Å². The fourth-order valence-corrected chi connectivity index (χ4v) is 3.77. The van der Waals surface area contributed by atoms with Gasteiger partial charge in [-0.05, 0) is 26.3 Å². The molecule has 2 unspecified atom stereocenters.